The number of hydrogen-bond donors (Lipinski definition) is 1. The summed E-state index contributed by atoms with van der Waals surface area (Å²) in [6.45, 7) is 1.69. The van der Waals surface area contributed by atoms with Gasteiger partial charge in [0.05, 0.1) is 30.9 Å². The summed E-state index contributed by atoms with van der Waals surface area (Å²) in [6.07, 6.45) is 1.88. The predicted molar refractivity (Wildman–Crippen MR) is 148 cm³/mol. The number of rotatable bonds is 12. The summed E-state index contributed by atoms with van der Waals surface area (Å²) in [5.74, 6) is -4.62. The van der Waals surface area contributed by atoms with E-state index in [1.807, 2.05) is 19.0 Å². The zero-order valence-electron chi connectivity index (χ0n) is 23.4. The zero-order valence-corrected chi connectivity index (χ0v) is 23.4. The number of anilines is 1. The summed E-state index contributed by atoms with van der Waals surface area (Å²) in [5.41, 5.74) is 1.24. The molecule has 222 valence electrons. The van der Waals surface area contributed by atoms with E-state index in [1.165, 1.54) is 0 Å². The lowest BCUT2D eigenvalue weighted by Crippen LogP contribution is -2.42. The van der Waals surface area contributed by atoms with Gasteiger partial charge < -0.3 is 19.5 Å². The molecule has 0 radical (unpaired) electrons. The van der Waals surface area contributed by atoms with Crippen LogP contribution in [0.2, 0.25) is 0 Å². The largest absolute Gasteiger partial charge is 0.497 e. The minimum absolute atomic E-state index is 0.0658. The second kappa shape index (κ2) is 12.9. The number of fused-ring (bicyclic) bond motifs is 1. The fraction of sp³-hybridized carbons (Fsp3) is 0.467. The Morgan fingerprint density at radius 1 is 1.12 bits per heavy atom. The van der Waals surface area contributed by atoms with Gasteiger partial charge in [-0.25, -0.2) is 17.6 Å². The van der Waals surface area contributed by atoms with E-state index in [-0.39, 0.29) is 25.2 Å². The van der Waals surface area contributed by atoms with Crippen LogP contribution < -0.4 is 14.4 Å². The van der Waals surface area contributed by atoms with Crippen molar-refractivity contribution in [3.63, 3.8) is 0 Å². The average Bonchev–Trinajstić information content (AvgIpc) is 2.94. The first-order valence-corrected chi connectivity index (χ1v) is 13.5. The van der Waals surface area contributed by atoms with Crippen molar-refractivity contribution in [2.24, 2.45) is 5.41 Å². The summed E-state index contributed by atoms with van der Waals surface area (Å²) >= 11 is 0. The number of aliphatic carboxylic acids is 1. The minimum Gasteiger partial charge on any atom is -0.497 e. The molecule has 0 bridgehead atoms. The van der Waals surface area contributed by atoms with Crippen LogP contribution in [-0.4, -0.2) is 68.4 Å². The van der Waals surface area contributed by atoms with Crippen molar-refractivity contribution in [3.8, 4) is 11.5 Å². The van der Waals surface area contributed by atoms with E-state index in [0.29, 0.717) is 66.8 Å². The Balaban J connectivity index is 1.42. The third kappa shape index (κ3) is 7.19. The molecule has 0 unspecified atom stereocenters. The Labute approximate surface area is 236 Å². The Bertz CT molecular complexity index is 1360. The normalized spacial score (nSPS) is 16.0. The van der Waals surface area contributed by atoms with E-state index >= 15 is 4.39 Å². The van der Waals surface area contributed by atoms with E-state index < -0.39 is 35.0 Å². The first kappa shape index (κ1) is 30.4. The number of halogens is 4. The summed E-state index contributed by atoms with van der Waals surface area (Å²) in [4.78, 5) is 20.2. The molecule has 1 aliphatic rings. The molecular formula is C30H35F4N3O4. The smallest absolute Gasteiger partial charge is 0.303 e. The molecule has 1 atom stereocenters. The lowest BCUT2D eigenvalue weighted by Gasteiger charge is -2.41. The number of likely N-dealkylation sites (tertiary alicyclic amines) is 1. The molecule has 7 nitrogen and oxygen atoms in total. The van der Waals surface area contributed by atoms with Crippen LogP contribution in [0.4, 0.5) is 23.2 Å². The second-order valence-electron chi connectivity index (χ2n) is 10.8. The van der Waals surface area contributed by atoms with E-state index in [9.17, 15) is 23.1 Å². The number of ether oxygens (including phenoxy) is 2. The SMILES string of the molecule is COc1ccc2ncc(N(C)C)c([C@@H](F)CCC3(CC(=O)O)CCN(CCOc4cc(F)c(F)c(F)c4)CC3)c2c1. The molecule has 0 spiro atoms. The van der Waals surface area contributed by atoms with Gasteiger partial charge in [-0.3, -0.25) is 14.7 Å². The van der Waals surface area contributed by atoms with Gasteiger partial charge >= 0.3 is 5.97 Å². The predicted octanol–water partition coefficient (Wildman–Crippen LogP) is 6.15. The number of aromatic nitrogens is 1. The van der Waals surface area contributed by atoms with Crippen LogP contribution in [0.1, 0.15) is 43.8 Å². The van der Waals surface area contributed by atoms with Crippen LogP contribution in [0.15, 0.2) is 36.5 Å². The van der Waals surface area contributed by atoms with Gasteiger partial charge in [-0.05, 0) is 62.4 Å². The molecule has 1 aromatic heterocycles. The molecule has 0 amide bonds. The number of hydrogen-bond acceptors (Lipinski definition) is 6. The molecule has 0 saturated carbocycles. The fourth-order valence-electron chi connectivity index (χ4n) is 5.57. The number of methoxy groups -OCH3 is 1. The van der Waals surface area contributed by atoms with Gasteiger partial charge in [0, 0.05) is 43.7 Å². The lowest BCUT2D eigenvalue weighted by atomic mass is 9.71. The van der Waals surface area contributed by atoms with Gasteiger partial charge in [-0.15, -0.1) is 0 Å². The number of pyridine rings is 1. The lowest BCUT2D eigenvalue weighted by molar-refractivity contribution is -0.141. The van der Waals surface area contributed by atoms with Crippen molar-refractivity contribution >= 4 is 22.6 Å². The monoisotopic (exact) mass is 577 g/mol. The molecular weight excluding hydrogens is 542 g/mol. The van der Waals surface area contributed by atoms with Crippen LogP contribution in [0.3, 0.4) is 0 Å². The van der Waals surface area contributed by atoms with E-state index in [0.717, 1.165) is 12.1 Å². The molecule has 1 aliphatic heterocycles. The van der Waals surface area contributed by atoms with Crippen LogP contribution in [0.5, 0.6) is 11.5 Å². The zero-order chi connectivity index (χ0) is 29.7. The van der Waals surface area contributed by atoms with Gasteiger partial charge in [0.15, 0.2) is 17.5 Å². The molecule has 41 heavy (non-hydrogen) atoms. The van der Waals surface area contributed by atoms with Crippen LogP contribution in [0.25, 0.3) is 10.9 Å². The molecule has 1 saturated heterocycles. The van der Waals surface area contributed by atoms with Crippen molar-refractivity contribution in [2.45, 2.75) is 38.3 Å². The highest BCUT2D eigenvalue weighted by Crippen LogP contribution is 2.44. The van der Waals surface area contributed by atoms with E-state index in [2.05, 4.69) is 9.88 Å². The summed E-state index contributed by atoms with van der Waals surface area (Å²) < 4.78 is 66.9. The highest BCUT2D eigenvalue weighted by atomic mass is 19.2. The first-order chi connectivity index (χ1) is 19.5. The molecule has 2 heterocycles. The molecule has 4 rings (SSSR count). The van der Waals surface area contributed by atoms with Crippen molar-refractivity contribution in [2.75, 3.05) is 52.3 Å². The summed E-state index contributed by atoms with van der Waals surface area (Å²) in [6, 6.07) is 6.93. The summed E-state index contributed by atoms with van der Waals surface area (Å²) in [7, 11) is 5.20. The maximum absolute atomic E-state index is 16.1. The topological polar surface area (TPSA) is 75.1 Å². The Morgan fingerprint density at radius 3 is 2.41 bits per heavy atom. The maximum atomic E-state index is 16.1. The molecule has 1 fully saturated rings. The Kier molecular flexibility index (Phi) is 9.57. The van der Waals surface area contributed by atoms with Crippen LogP contribution in [-0.2, 0) is 4.79 Å². The van der Waals surface area contributed by atoms with Crippen molar-refractivity contribution in [1.29, 1.82) is 0 Å². The first-order valence-electron chi connectivity index (χ1n) is 13.5. The van der Waals surface area contributed by atoms with Gasteiger partial charge in [-0.1, -0.05) is 0 Å². The average molecular weight is 578 g/mol. The number of nitrogens with zero attached hydrogens (tertiary/aromatic N) is 3. The van der Waals surface area contributed by atoms with E-state index in [1.54, 1.807) is 31.5 Å². The number of carboxylic acid groups (broad SMARTS) is 1. The van der Waals surface area contributed by atoms with Gasteiger partial charge in [-0.2, -0.15) is 0 Å². The van der Waals surface area contributed by atoms with Gasteiger partial charge in [0.2, 0.25) is 0 Å². The second-order valence-corrected chi connectivity index (χ2v) is 10.8. The molecule has 11 heteroatoms. The number of carbonyl (C=O) groups is 1. The Morgan fingerprint density at radius 2 is 1.80 bits per heavy atom. The molecule has 1 N–H and O–H groups in total. The number of piperidine rings is 1. The third-order valence-corrected chi connectivity index (χ3v) is 7.90. The maximum Gasteiger partial charge on any atom is 0.303 e. The third-order valence-electron chi connectivity index (χ3n) is 7.90. The highest BCUT2D eigenvalue weighted by molar-refractivity contribution is 5.88. The van der Waals surface area contributed by atoms with Crippen molar-refractivity contribution < 1.29 is 36.9 Å². The Hall–Kier alpha value is -3.60. The van der Waals surface area contributed by atoms with Gasteiger partial charge in [0.1, 0.15) is 24.3 Å². The highest BCUT2D eigenvalue weighted by Gasteiger charge is 2.37. The number of carboxylic acids is 1. The number of benzene rings is 2. The van der Waals surface area contributed by atoms with Crippen LogP contribution >= 0.6 is 0 Å². The van der Waals surface area contributed by atoms with Crippen molar-refractivity contribution in [1.82, 2.24) is 9.88 Å². The molecule has 2 aromatic carbocycles. The molecule has 0 aliphatic carbocycles. The number of alkyl halides is 1. The van der Waals surface area contributed by atoms with Crippen molar-refractivity contribution in [3.05, 3.63) is 59.5 Å². The van der Waals surface area contributed by atoms with Crippen LogP contribution in [0, 0.1) is 22.9 Å². The fourth-order valence-corrected chi connectivity index (χ4v) is 5.57. The summed E-state index contributed by atoms with van der Waals surface area (Å²) in [5, 5.41) is 10.3. The quantitative estimate of drug-likeness (QED) is 0.204. The van der Waals surface area contributed by atoms with E-state index in [4.69, 9.17) is 9.47 Å². The minimum atomic E-state index is -1.55. The standard InChI is InChI=1S/C30H35F4N3O4/c1-36(2)26-18-35-25-5-4-19(40-3)14-21(25)28(26)22(31)6-7-30(17-27(38)39)8-10-37(11-9-30)12-13-41-20-15-23(32)29(34)24(33)16-20/h4-5,14-16,18,22H,6-13,17H2,1-3H3,(H,38,39)/t22-/m0/s1. The molecule has 3 aromatic rings. The van der Waals surface area contributed by atoms with Gasteiger partial charge in [0.25, 0.3) is 0 Å².